The molecule has 0 aliphatic rings. The van der Waals surface area contributed by atoms with E-state index in [4.69, 9.17) is 0 Å². The summed E-state index contributed by atoms with van der Waals surface area (Å²) >= 11 is 3.21. The minimum atomic E-state index is -0.126. The highest BCUT2D eigenvalue weighted by Gasteiger charge is 2.11. The third-order valence-corrected chi connectivity index (χ3v) is 2.56. The number of urea groups is 1. The van der Waals surface area contributed by atoms with Crippen molar-refractivity contribution in [3.05, 3.63) is 59.6 Å². The van der Waals surface area contributed by atoms with Gasteiger partial charge in [0.05, 0.1) is 6.54 Å². The topological polar surface area (TPSA) is 32.3 Å². The Morgan fingerprint density at radius 2 is 2.06 bits per heavy atom. The lowest BCUT2D eigenvalue weighted by molar-refractivity contribution is 0.202. The maximum absolute atomic E-state index is 11.9. The first-order valence-corrected chi connectivity index (χ1v) is 6.43. The second-order valence-electron chi connectivity index (χ2n) is 3.83. The molecule has 0 unspecified atom stereocenters. The highest BCUT2D eigenvalue weighted by molar-refractivity contribution is 9.11. The first-order chi connectivity index (χ1) is 8.63. The Bertz CT molecular complexity index is 417. The van der Waals surface area contributed by atoms with Crippen LogP contribution in [0.1, 0.15) is 5.56 Å². The molecule has 1 aromatic rings. The summed E-state index contributed by atoms with van der Waals surface area (Å²) in [4.78, 5) is 13.6. The lowest BCUT2D eigenvalue weighted by atomic mass is 10.2. The minimum Gasteiger partial charge on any atom is -0.333 e. The average molecular weight is 309 g/mol. The molecule has 0 spiro atoms. The number of halogens is 1. The zero-order chi connectivity index (χ0) is 13.4. The predicted molar refractivity (Wildman–Crippen MR) is 78.5 cm³/mol. The number of hydrogen-bond donors (Lipinski definition) is 1. The van der Waals surface area contributed by atoms with Crippen molar-refractivity contribution >= 4 is 22.0 Å². The molecule has 0 radical (unpaired) electrons. The number of carbonyl (C=O) groups excluding carboxylic acids is 1. The van der Waals surface area contributed by atoms with Crippen molar-refractivity contribution in [2.24, 2.45) is 0 Å². The Morgan fingerprint density at radius 1 is 1.39 bits per heavy atom. The van der Waals surface area contributed by atoms with Gasteiger partial charge in [0.2, 0.25) is 0 Å². The van der Waals surface area contributed by atoms with E-state index in [0.29, 0.717) is 19.6 Å². The van der Waals surface area contributed by atoms with Gasteiger partial charge in [-0.05, 0) is 5.56 Å². The van der Waals surface area contributed by atoms with Gasteiger partial charge >= 0.3 is 6.03 Å². The van der Waals surface area contributed by atoms with Crippen LogP contribution in [0.15, 0.2) is 54.0 Å². The van der Waals surface area contributed by atoms with E-state index in [1.165, 1.54) is 0 Å². The molecule has 0 aromatic heterocycles. The summed E-state index contributed by atoms with van der Waals surface area (Å²) in [7, 11) is 0. The highest BCUT2D eigenvalue weighted by Crippen LogP contribution is 2.05. The van der Waals surface area contributed by atoms with E-state index in [2.05, 4.69) is 34.4 Å². The van der Waals surface area contributed by atoms with E-state index in [1.54, 1.807) is 11.0 Å². The normalized spacial score (nSPS) is 9.61. The summed E-state index contributed by atoms with van der Waals surface area (Å²) in [6.45, 7) is 8.84. The lowest BCUT2D eigenvalue weighted by Crippen LogP contribution is -2.40. The molecule has 0 heterocycles. The Kier molecular flexibility index (Phi) is 6.22. The van der Waals surface area contributed by atoms with E-state index in [1.807, 2.05) is 30.3 Å². The molecule has 4 heteroatoms. The maximum Gasteiger partial charge on any atom is 0.318 e. The summed E-state index contributed by atoms with van der Waals surface area (Å²) in [5.74, 6) is 0. The van der Waals surface area contributed by atoms with Crippen LogP contribution in [0.25, 0.3) is 0 Å². The smallest absolute Gasteiger partial charge is 0.318 e. The molecule has 0 aliphatic heterocycles. The van der Waals surface area contributed by atoms with E-state index >= 15 is 0 Å². The van der Waals surface area contributed by atoms with Gasteiger partial charge in [-0.25, -0.2) is 4.79 Å². The van der Waals surface area contributed by atoms with Crippen molar-refractivity contribution in [3.8, 4) is 0 Å². The van der Waals surface area contributed by atoms with Crippen LogP contribution in [0.4, 0.5) is 4.79 Å². The monoisotopic (exact) mass is 308 g/mol. The van der Waals surface area contributed by atoms with Crippen LogP contribution in [-0.4, -0.2) is 24.0 Å². The SMILES string of the molecule is C=CCN(Cc1ccccc1)C(=O)NCC(=C)Br. The van der Waals surface area contributed by atoms with E-state index < -0.39 is 0 Å². The average Bonchev–Trinajstić information content (AvgIpc) is 2.36. The fraction of sp³-hybridized carbons (Fsp3) is 0.214. The van der Waals surface area contributed by atoms with E-state index in [-0.39, 0.29) is 6.03 Å². The molecule has 2 amide bonds. The zero-order valence-electron chi connectivity index (χ0n) is 10.2. The van der Waals surface area contributed by atoms with Gasteiger partial charge in [-0.15, -0.1) is 6.58 Å². The van der Waals surface area contributed by atoms with Crippen LogP contribution in [0.3, 0.4) is 0 Å². The van der Waals surface area contributed by atoms with Crippen molar-refractivity contribution in [1.29, 1.82) is 0 Å². The maximum atomic E-state index is 11.9. The molecule has 1 N–H and O–H groups in total. The predicted octanol–water partition coefficient (Wildman–Crippen LogP) is 3.29. The van der Waals surface area contributed by atoms with Crippen molar-refractivity contribution in [3.63, 3.8) is 0 Å². The molecule has 18 heavy (non-hydrogen) atoms. The quantitative estimate of drug-likeness (QED) is 0.804. The summed E-state index contributed by atoms with van der Waals surface area (Å²) in [6.07, 6.45) is 1.71. The fourth-order valence-corrected chi connectivity index (χ4v) is 1.60. The lowest BCUT2D eigenvalue weighted by Gasteiger charge is -2.21. The number of amides is 2. The van der Waals surface area contributed by atoms with Gasteiger partial charge in [-0.1, -0.05) is 58.9 Å². The Labute approximate surface area is 116 Å². The molecule has 1 rings (SSSR count). The van der Waals surface area contributed by atoms with Gasteiger partial charge in [0.1, 0.15) is 0 Å². The Morgan fingerprint density at radius 3 is 2.61 bits per heavy atom. The summed E-state index contributed by atoms with van der Waals surface area (Å²) in [6, 6.07) is 9.73. The molecule has 0 aliphatic carbocycles. The fourth-order valence-electron chi connectivity index (χ4n) is 1.46. The summed E-state index contributed by atoms with van der Waals surface area (Å²) in [5.41, 5.74) is 1.09. The van der Waals surface area contributed by atoms with Gasteiger partial charge in [0, 0.05) is 17.6 Å². The first-order valence-electron chi connectivity index (χ1n) is 5.64. The third kappa shape index (κ3) is 5.19. The largest absolute Gasteiger partial charge is 0.333 e. The molecule has 1 aromatic carbocycles. The molecule has 3 nitrogen and oxygen atoms in total. The Hall–Kier alpha value is -1.55. The summed E-state index contributed by atoms with van der Waals surface area (Å²) < 4.78 is 0.745. The molecule has 0 bridgehead atoms. The molecule has 96 valence electrons. The standard InChI is InChI=1S/C14H17BrN2O/c1-3-9-17(14(18)16-10-12(2)15)11-13-7-5-4-6-8-13/h3-8H,1-2,9-11H2,(H,16,18). The second kappa shape index (κ2) is 7.71. The number of nitrogens with one attached hydrogen (secondary N) is 1. The first kappa shape index (κ1) is 14.5. The summed E-state index contributed by atoms with van der Waals surface area (Å²) in [5, 5.41) is 2.78. The van der Waals surface area contributed by atoms with Crippen LogP contribution in [0.2, 0.25) is 0 Å². The van der Waals surface area contributed by atoms with Crippen LogP contribution < -0.4 is 5.32 Å². The van der Waals surface area contributed by atoms with Crippen LogP contribution in [0.5, 0.6) is 0 Å². The van der Waals surface area contributed by atoms with Gasteiger partial charge in [0.15, 0.2) is 0 Å². The second-order valence-corrected chi connectivity index (χ2v) is 4.95. The van der Waals surface area contributed by atoms with Crippen LogP contribution in [-0.2, 0) is 6.54 Å². The van der Waals surface area contributed by atoms with Crippen molar-refractivity contribution in [2.75, 3.05) is 13.1 Å². The number of carbonyl (C=O) groups is 1. The van der Waals surface area contributed by atoms with Gasteiger partial charge in [0.25, 0.3) is 0 Å². The number of benzene rings is 1. The van der Waals surface area contributed by atoms with Crippen molar-refractivity contribution in [2.45, 2.75) is 6.54 Å². The van der Waals surface area contributed by atoms with Crippen LogP contribution >= 0.6 is 15.9 Å². The highest BCUT2D eigenvalue weighted by atomic mass is 79.9. The Balaban J connectivity index is 2.61. The van der Waals surface area contributed by atoms with E-state index in [0.717, 1.165) is 10.0 Å². The molecule has 0 saturated heterocycles. The van der Waals surface area contributed by atoms with Gasteiger partial charge in [-0.3, -0.25) is 0 Å². The molecular weight excluding hydrogens is 292 g/mol. The van der Waals surface area contributed by atoms with Gasteiger partial charge in [-0.2, -0.15) is 0 Å². The van der Waals surface area contributed by atoms with Crippen molar-refractivity contribution < 1.29 is 4.79 Å². The minimum absolute atomic E-state index is 0.126. The number of nitrogens with zero attached hydrogens (tertiary/aromatic N) is 1. The van der Waals surface area contributed by atoms with Gasteiger partial charge < -0.3 is 10.2 Å². The number of rotatable bonds is 6. The van der Waals surface area contributed by atoms with Crippen LogP contribution in [0, 0.1) is 0 Å². The number of hydrogen-bond acceptors (Lipinski definition) is 1. The third-order valence-electron chi connectivity index (χ3n) is 2.28. The van der Waals surface area contributed by atoms with E-state index in [9.17, 15) is 4.79 Å². The van der Waals surface area contributed by atoms with Crippen molar-refractivity contribution in [1.82, 2.24) is 10.2 Å². The zero-order valence-corrected chi connectivity index (χ0v) is 11.8. The molecule has 0 fully saturated rings. The molecule has 0 saturated carbocycles. The molecular formula is C14H17BrN2O. The molecule has 0 atom stereocenters.